The molecule has 1 aromatic rings. The van der Waals surface area contributed by atoms with E-state index < -0.39 is 11.9 Å². The van der Waals surface area contributed by atoms with E-state index in [1.54, 1.807) is 19.1 Å². The van der Waals surface area contributed by atoms with Crippen LogP contribution in [0.4, 0.5) is 0 Å². The first-order valence-electron chi connectivity index (χ1n) is 8.30. The number of hydrogen-bond donors (Lipinski definition) is 1. The molecule has 28 heavy (non-hydrogen) atoms. The standard InChI is InChI=1S/C19H21ClN2O6/c1-5-27-19(23)16-14(8-20)28-18(22)11(9-21)15(16)10-6-12(24-2)17(26-4)13(7-10)25-3/h6-7,15H,5,8,22H2,1-4H3/t15-/m1/s1. The summed E-state index contributed by atoms with van der Waals surface area (Å²) >= 11 is 5.97. The number of ether oxygens (including phenoxy) is 5. The third-order valence-electron chi connectivity index (χ3n) is 4.13. The molecule has 0 saturated carbocycles. The molecule has 8 nitrogen and oxygen atoms in total. The summed E-state index contributed by atoms with van der Waals surface area (Å²) in [6, 6.07) is 5.27. The first kappa shape index (κ1) is 21.3. The third-order valence-corrected chi connectivity index (χ3v) is 4.38. The average Bonchev–Trinajstić information content (AvgIpc) is 2.71. The molecular formula is C19H21ClN2O6. The molecule has 9 heteroatoms. The average molecular weight is 409 g/mol. The maximum absolute atomic E-state index is 12.7. The van der Waals surface area contributed by atoms with Crippen molar-refractivity contribution in [1.29, 1.82) is 5.26 Å². The second kappa shape index (κ2) is 9.24. The van der Waals surface area contributed by atoms with Gasteiger partial charge >= 0.3 is 5.97 Å². The van der Waals surface area contributed by atoms with Gasteiger partial charge in [0.2, 0.25) is 11.6 Å². The largest absolute Gasteiger partial charge is 0.493 e. The number of alkyl halides is 1. The zero-order valence-electron chi connectivity index (χ0n) is 16.0. The van der Waals surface area contributed by atoms with Gasteiger partial charge in [-0.3, -0.25) is 0 Å². The van der Waals surface area contributed by atoms with E-state index in [0.717, 1.165) is 0 Å². The number of carbonyl (C=O) groups excluding carboxylic acids is 1. The van der Waals surface area contributed by atoms with Crippen LogP contribution in [0.1, 0.15) is 18.4 Å². The molecule has 2 N–H and O–H groups in total. The summed E-state index contributed by atoms with van der Waals surface area (Å²) < 4.78 is 26.7. The summed E-state index contributed by atoms with van der Waals surface area (Å²) in [5, 5.41) is 9.67. The molecule has 0 spiro atoms. The number of nitrogens with zero attached hydrogens (tertiary/aromatic N) is 1. The van der Waals surface area contributed by atoms with Crippen molar-refractivity contribution in [2.24, 2.45) is 5.73 Å². The van der Waals surface area contributed by atoms with Crippen molar-refractivity contribution in [1.82, 2.24) is 0 Å². The number of esters is 1. The van der Waals surface area contributed by atoms with Gasteiger partial charge in [-0.2, -0.15) is 5.26 Å². The number of allylic oxidation sites excluding steroid dienone is 2. The molecule has 0 amide bonds. The van der Waals surface area contributed by atoms with Crippen LogP contribution in [0.3, 0.4) is 0 Å². The topological polar surface area (TPSA) is 113 Å². The van der Waals surface area contributed by atoms with Crippen LogP contribution >= 0.6 is 11.6 Å². The first-order valence-corrected chi connectivity index (χ1v) is 8.84. The second-order valence-electron chi connectivity index (χ2n) is 5.57. The summed E-state index contributed by atoms with van der Waals surface area (Å²) in [5.41, 5.74) is 6.56. The SMILES string of the molecule is CCOC(=O)C1=C(CCl)OC(N)=C(C#N)[C@H]1c1cc(OC)c(OC)c(OC)c1. The van der Waals surface area contributed by atoms with E-state index in [4.69, 9.17) is 41.0 Å². The van der Waals surface area contributed by atoms with Crippen LogP contribution in [0.15, 0.2) is 34.9 Å². The molecule has 0 aromatic heterocycles. The molecular weight excluding hydrogens is 388 g/mol. The Balaban J connectivity index is 2.79. The highest BCUT2D eigenvalue weighted by Crippen LogP contribution is 2.46. The van der Waals surface area contributed by atoms with E-state index in [-0.39, 0.29) is 35.3 Å². The fourth-order valence-electron chi connectivity index (χ4n) is 2.95. The minimum atomic E-state index is -0.875. The molecule has 1 aliphatic heterocycles. The highest BCUT2D eigenvalue weighted by atomic mass is 35.5. The van der Waals surface area contributed by atoms with E-state index in [0.29, 0.717) is 22.8 Å². The lowest BCUT2D eigenvalue weighted by atomic mass is 9.82. The van der Waals surface area contributed by atoms with Gasteiger partial charge < -0.3 is 29.4 Å². The van der Waals surface area contributed by atoms with Gasteiger partial charge in [0.05, 0.1) is 45.3 Å². The Morgan fingerprint density at radius 2 is 1.86 bits per heavy atom. The van der Waals surface area contributed by atoms with Crippen LogP contribution in [0.25, 0.3) is 0 Å². The van der Waals surface area contributed by atoms with Crippen LogP contribution in [0, 0.1) is 11.3 Å². The zero-order chi connectivity index (χ0) is 20.8. The zero-order valence-corrected chi connectivity index (χ0v) is 16.8. The van der Waals surface area contributed by atoms with Crippen LogP contribution in [0.2, 0.25) is 0 Å². The maximum atomic E-state index is 12.7. The summed E-state index contributed by atoms with van der Waals surface area (Å²) in [5.74, 6) is -0.591. The molecule has 0 bridgehead atoms. The Morgan fingerprint density at radius 1 is 1.25 bits per heavy atom. The van der Waals surface area contributed by atoms with Gasteiger partial charge in [0.25, 0.3) is 0 Å². The van der Waals surface area contributed by atoms with Crippen LogP contribution in [-0.2, 0) is 14.3 Å². The number of halogens is 1. The normalized spacial score (nSPS) is 16.2. The molecule has 0 fully saturated rings. The van der Waals surface area contributed by atoms with Crippen LogP contribution in [0.5, 0.6) is 17.2 Å². The maximum Gasteiger partial charge on any atom is 0.338 e. The molecule has 0 saturated heterocycles. The van der Waals surface area contributed by atoms with Crippen LogP contribution in [-0.4, -0.2) is 39.8 Å². The Hall–Kier alpha value is -3.05. The molecule has 150 valence electrons. The Labute approximate surface area is 168 Å². The molecule has 1 aromatic carbocycles. The predicted molar refractivity (Wildman–Crippen MR) is 101 cm³/mol. The highest BCUT2D eigenvalue weighted by molar-refractivity contribution is 6.19. The molecule has 2 rings (SSSR count). The van der Waals surface area contributed by atoms with Crippen molar-refractivity contribution in [3.05, 3.63) is 40.5 Å². The van der Waals surface area contributed by atoms with Gasteiger partial charge in [-0.15, -0.1) is 11.6 Å². The smallest absolute Gasteiger partial charge is 0.338 e. The first-order chi connectivity index (χ1) is 13.5. The third kappa shape index (κ3) is 3.80. The Kier molecular flexibility index (Phi) is 7.01. The lowest BCUT2D eigenvalue weighted by molar-refractivity contribution is -0.139. The second-order valence-corrected chi connectivity index (χ2v) is 5.84. The molecule has 0 radical (unpaired) electrons. The summed E-state index contributed by atoms with van der Waals surface area (Å²) in [6.07, 6.45) is 0. The van der Waals surface area contributed by atoms with Gasteiger partial charge in [0.1, 0.15) is 17.4 Å². The van der Waals surface area contributed by atoms with Gasteiger partial charge in [0.15, 0.2) is 11.5 Å². The summed E-state index contributed by atoms with van der Waals surface area (Å²) in [7, 11) is 4.40. The predicted octanol–water partition coefficient (Wildman–Crippen LogP) is 2.58. The monoisotopic (exact) mass is 408 g/mol. The van der Waals surface area contributed by atoms with Crippen molar-refractivity contribution < 1.29 is 28.5 Å². The fourth-order valence-corrected chi connectivity index (χ4v) is 3.15. The lowest BCUT2D eigenvalue weighted by Gasteiger charge is -2.28. The fraction of sp³-hybridized carbons (Fsp3) is 0.368. The number of benzene rings is 1. The molecule has 0 unspecified atom stereocenters. The van der Waals surface area contributed by atoms with E-state index >= 15 is 0 Å². The molecule has 0 aliphatic carbocycles. The number of hydrogen-bond acceptors (Lipinski definition) is 8. The van der Waals surface area contributed by atoms with Crippen molar-refractivity contribution >= 4 is 17.6 Å². The molecule has 1 heterocycles. The highest BCUT2D eigenvalue weighted by Gasteiger charge is 2.38. The van der Waals surface area contributed by atoms with Crippen molar-refractivity contribution in [3.8, 4) is 23.3 Å². The Morgan fingerprint density at radius 3 is 2.29 bits per heavy atom. The number of methoxy groups -OCH3 is 3. The van der Waals surface area contributed by atoms with E-state index in [9.17, 15) is 10.1 Å². The molecule has 1 atom stereocenters. The Bertz CT molecular complexity index is 847. The van der Waals surface area contributed by atoms with Crippen molar-refractivity contribution in [3.63, 3.8) is 0 Å². The lowest BCUT2D eigenvalue weighted by Crippen LogP contribution is -2.27. The van der Waals surface area contributed by atoms with Gasteiger partial charge in [-0.05, 0) is 24.6 Å². The van der Waals surface area contributed by atoms with Gasteiger partial charge in [-0.25, -0.2) is 4.79 Å². The van der Waals surface area contributed by atoms with Crippen molar-refractivity contribution in [2.75, 3.05) is 33.8 Å². The number of nitriles is 1. The minimum Gasteiger partial charge on any atom is -0.493 e. The summed E-state index contributed by atoms with van der Waals surface area (Å²) in [6.45, 7) is 1.81. The van der Waals surface area contributed by atoms with E-state index in [1.807, 2.05) is 6.07 Å². The molecule has 1 aliphatic rings. The van der Waals surface area contributed by atoms with Gasteiger partial charge in [0, 0.05) is 0 Å². The van der Waals surface area contributed by atoms with Crippen LogP contribution < -0.4 is 19.9 Å². The number of rotatable bonds is 7. The summed E-state index contributed by atoms with van der Waals surface area (Å²) in [4.78, 5) is 12.7. The van der Waals surface area contributed by atoms with Gasteiger partial charge in [-0.1, -0.05) is 0 Å². The van der Waals surface area contributed by atoms with E-state index in [2.05, 4.69) is 0 Å². The number of nitrogens with two attached hydrogens (primary N) is 1. The number of carbonyl (C=O) groups is 1. The van der Waals surface area contributed by atoms with E-state index in [1.165, 1.54) is 21.3 Å². The quantitative estimate of drug-likeness (QED) is 0.541. The van der Waals surface area contributed by atoms with Crippen molar-refractivity contribution in [2.45, 2.75) is 12.8 Å². The minimum absolute atomic E-state index is 0.0474.